The van der Waals surface area contributed by atoms with Gasteiger partial charge in [-0.1, -0.05) is 59.4 Å². The molecule has 7 N–H and O–H groups in total. The summed E-state index contributed by atoms with van der Waals surface area (Å²) >= 11 is 0. The van der Waals surface area contributed by atoms with Gasteiger partial charge in [0.25, 0.3) is 11.8 Å². The van der Waals surface area contributed by atoms with Crippen LogP contribution < -0.4 is 11.1 Å². The summed E-state index contributed by atoms with van der Waals surface area (Å²) in [4.78, 5) is 101. The molecule has 0 spiro atoms. The Morgan fingerprint density at radius 3 is 1.51 bits per heavy atom. The van der Waals surface area contributed by atoms with Gasteiger partial charge in [-0.25, -0.2) is 14.4 Å². The number of ether oxygens (including phenoxy) is 7. The molecule has 27 heteroatoms. The van der Waals surface area contributed by atoms with E-state index in [9.17, 15) is 58.8 Å². The van der Waals surface area contributed by atoms with E-state index < -0.39 is 67.7 Å². The topological polar surface area (TPSA) is 342 Å². The van der Waals surface area contributed by atoms with Crippen LogP contribution in [0.25, 0.3) is 0 Å². The molecule has 1 saturated heterocycles. The van der Waals surface area contributed by atoms with E-state index in [1.807, 2.05) is 6.92 Å². The van der Waals surface area contributed by atoms with Gasteiger partial charge in [-0.2, -0.15) is 0 Å². The van der Waals surface area contributed by atoms with E-state index in [1.54, 1.807) is 38.1 Å². The van der Waals surface area contributed by atoms with Gasteiger partial charge in [0, 0.05) is 52.7 Å². The number of carbonyl (C=O) groups excluding carboxylic acids is 8. The number of amides is 5. The van der Waals surface area contributed by atoms with Crippen LogP contribution in [0.15, 0.2) is 48.5 Å². The van der Waals surface area contributed by atoms with E-state index in [4.69, 9.17) is 34.2 Å². The number of nitrogens with two attached hydrogens (primary N) is 1. The highest BCUT2D eigenvalue weighted by molar-refractivity contribution is 6.01. The van der Waals surface area contributed by atoms with E-state index in [0.717, 1.165) is 6.42 Å². The van der Waals surface area contributed by atoms with Crippen LogP contribution in [-0.4, -0.2) is 201 Å². The van der Waals surface area contributed by atoms with Crippen LogP contribution in [0.4, 0.5) is 9.59 Å². The van der Waals surface area contributed by atoms with Crippen molar-refractivity contribution in [3.8, 4) is 11.5 Å². The molecule has 2 aromatic rings. The van der Waals surface area contributed by atoms with Crippen LogP contribution in [0.1, 0.15) is 104 Å². The van der Waals surface area contributed by atoms with Crippen molar-refractivity contribution in [2.24, 2.45) is 5.73 Å². The minimum absolute atomic E-state index is 0. The predicted molar refractivity (Wildman–Crippen MR) is 285 cm³/mol. The van der Waals surface area contributed by atoms with E-state index in [0.29, 0.717) is 35.9 Å². The van der Waals surface area contributed by atoms with E-state index >= 15 is 0 Å². The van der Waals surface area contributed by atoms with Crippen LogP contribution in [0.3, 0.4) is 0 Å². The lowest BCUT2D eigenvalue weighted by atomic mass is 10.1. The summed E-state index contributed by atoms with van der Waals surface area (Å²) in [5.74, 6) is -3.25. The molecule has 1 aliphatic rings. The number of nitrogens with one attached hydrogen (secondary N) is 1. The van der Waals surface area contributed by atoms with Crippen LogP contribution in [0.5, 0.6) is 11.5 Å². The molecule has 0 aromatic heterocycles. The smallest absolute Gasteiger partial charge is 0.412 e. The molecule has 2 atom stereocenters. The summed E-state index contributed by atoms with van der Waals surface area (Å²) in [5.41, 5.74) is 6.11. The normalized spacial score (nSPS) is 12.0. The second kappa shape index (κ2) is 46.7. The van der Waals surface area contributed by atoms with Crippen LogP contribution in [0.2, 0.25) is 0 Å². The Balaban J connectivity index is -0.00000105. The first-order valence-electron chi connectivity index (χ1n) is 24.8. The fourth-order valence-electron chi connectivity index (χ4n) is 5.91. The van der Waals surface area contributed by atoms with Crippen molar-refractivity contribution in [1.82, 2.24) is 25.1 Å². The van der Waals surface area contributed by atoms with Crippen molar-refractivity contribution in [2.75, 3.05) is 113 Å². The summed E-state index contributed by atoms with van der Waals surface area (Å²) in [6.07, 6.45) is -2.55. The predicted octanol–water partition coefficient (Wildman–Crippen LogP) is 3.71. The number of benzene rings is 2. The zero-order valence-corrected chi connectivity index (χ0v) is 46.0. The Labute approximate surface area is 463 Å². The third-order valence-corrected chi connectivity index (χ3v) is 10.2. The average Bonchev–Trinajstić information content (AvgIpc) is 3.71. The van der Waals surface area contributed by atoms with Gasteiger partial charge in [0.05, 0.1) is 51.4 Å². The number of phenolic OH excluding ortho intramolecular Hbond substituents is 2. The number of carbonyl (C=O) groups is 8. The van der Waals surface area contributed by atoms with Gasteiger partial charge < -0.3 is 84.2 Å². The SMILES string of the molecule is C.CCCOCC(=O)ON1C(=O)CCC1=O.CCN(CC(O)c1cccc(O)c1)C(=O)OCOC(=O)CCN.CCN(CC(O)c1cccc(O)c1)C(=O)OCOC(=O)CCNC(=O)COCCOC.CCN(CC)CC.Cl. The van der Waals surface area contributed by atoms with Gasteiger partial charge >= 0.3 is 30.1 Å². The second-order valence-corrected chi connectivity index (χ2v) is 15.8. The Kier molecular flexibility index (Phi) is 45.4. The molecule has 0 aliphatic carbocycles. The molecule has 0 saturated carbocycles. The molecule has 3 rings (SSSR count). The molecule has 446 valence electrons. The van der Waals surface area contributed by atoms with E-state index in [-0.39, 0.29) is 115 Å². The quantitative estimate of drug-likeness (QED) is 0.0281. The maximum Gasteiger partial charge on any atom is 0.412 e. The third kappa shape index (κ3) is 35.1. The van der Waals surface area contributed by atoms with Gasteiger partial charge in [0.1, 0.15) is 24.7 Å². The third-order valence-electron chi connectivity index (χ3n) is 10.2. The molecule has 1 heterocycles. The minimum atomic E-state index is -1.02. The summed E-state index contributed by atoms with van der Waals surface area (Å²) < 4.78 is 33.9. The maximum atomic E-state index is 12.1. The van der Waals surface area contributed by atoms with Crippen molar-refractivity contribution in [1.29, 1.82) is 0 Å². The summed E-state index contributed by atoms with van der Waals surface area (Å²) in [6.45, 7) is 15.7. The average molecular weight is 1140 g/mol. The Hall–Kier alpha value is -6.39. The lowest BCUT2D eigenvalue weighted by molar-refractivity contribution is -0.200. The number of imide groups is 1. The first kappa shape index (κ1) is 75.8. The number of aliphatic hydroxyl groups is 2. The standard InChI is InChI=1S/C20H30N2O9.C15H22N2O6.C9H13NO5.C6H15N.CH4.ClH/c1-3-22(12-17(24)15-5-4-6-16(23)11-15)20(27)31-14-30-19(26)7-8-21-18(25)13-29-10-9-28-2;1-2-17(15(21)23-10-22-14(20)6-7-16)9-13(19)11-4-3-5-12(18)8-11;1-2-5-14-6-9(13)15-10-7(11)3-4-8(10)12;1-4-7(5-2)6-3;;/h4-6,11,17,23-24H,3,7-10,12-14H2,1-2H3,(H,21,25);3-5,8,13,18-19H,2,6-7,9-10,16H2,1H3;2-6H2,1H3;4-6H2,1-3H3;1H4;1H. The van der Waals surface area contributed by atoms with Crippen molar-refractivity contribution in [3.63, 3.8) is 0 Å². The molecule has 78 heavy (non-hydrogen) atoms. The van der Waals surface area contributed by atoms with Crippen molar-refractivity contribution >= 4 is 60.2 Å². The van der Waals surface area contributed by atoms with E-state index in [1.165, 1.54) is 60.8 Å². The number of aromatic hydroxyl groups is 2. The second-order valence-electron chi connectivity index (χ2n) is 15.8. The van der Waals surface area contributed by atoms with Gasteiger partial charge in [0.2, 0.25) is 19.5 Å². The Morgan fingerprint density at radius 2 is 1.12 bits per heavy atom. The molecular formula is C51H85ClN6O20. The molecule has 26 nitrogen and oxygen atoms in total. The van der Waals surface area contributed by atoms with Crippen molar-refractivity contribution in [2.45, 2.75) is 93.3 Å². The van der Waals surface area contributed by atoms with Gasteiger partial charge in [-0.3, -0.25) is 24.0 Å². The number of rotatable bonds is 30. The van der Waals surface area contributed by atoms with Crippen LogP contribution in [-0.2, 0) is 66.8 Å². The number of phenols is 2. The fourth-order valence-corrected chi connectivity index (χ4v) is 5.91. The van der Waals surface area contributed by atoms with Crippen molar-refractivity contribution < 1.29 is 96.8 Å². The molecule has 2 unspecified atom stereocenters. The number of nitrogens with zero attached hydrogens (tertiary/aromatic N) is 4. The van der Waals surface area contributed by atoms with Crippen LogP contribution in [0, 0.1) is 0 Å². The van der Waals surface area contributed by atoms with Gasteiger partial charge in [-0.15, -0.1) is 17.5 Å². The summed E-state index contributed by atoms with van der Waals surface area (Å²) in [6, 6.07) is 12.2. The Bertz CT molecular complexity index is 2000. The lowest BCUT2D eigenvalue weighted by Gasteiger charge is -2.23. The summed E-state index contributed by atoms with van der Waals surface area (Å²) in [7, 11) is 1.52. The van der Waals surface area contributed by atoms with Crippen molar-refractivity contribution in [3.05, 3.63) is 59.7 Å². The number of methoxy groups -OCH3 is 1. The number of hydrogen-bond donors (Lipinski definition) is 6. The molecule has 2 aromatic carbocycles. The molecule has 1 fully saturated rings. The molecule has 0 radical (unpaired) electrons. The van der Waals surface area contributed by atoms with Crippen LogP contribution >= 0.6 is 12.4 Å². The highest BCUT2D eigenvalue weighted by atomic mass is 35.5. The zero-order chi connectivity index (χ0) is 57.3. The zero-order valence-electron chi connectivity index (χ0n) is 45.2. The number of halogens is 1. The van der Waals surface area contributed by atoms with Gasteiger partial charge in [-0.05, 0) is 75.3 Å². The highest BCUT2D eigenvalue weighted by Gasteiger charge is 2.33. The van der Waals surface area contributed by atoms with Gasteiger partial charge in [0.15, 0.2) is 0 Å². The molecule has 5 amide bonds. The maximum absolute atomic E-state index is 12.1. The number of likely N-dealkylation sites (N-methyl/N-ethyl adjacent to an activating group) is 2. The number of hydroxylamine groups is 2. The number of esters is 2. The molecule has 0 bridgehead atoms. The molecule has 1 aliphatic heterocycles. The first-order chi connectivity index (χ1) is 36.3. The summed E-state index contributed by atoms with van der Waals surface area (Å²) in [5, 5.41) is 42.2. The first-order valence-corrected chi connectivity index (χ1v) is 24.8. The largest absolute Gasteiger partial charge is 0.508 e. The number of hydrogen-bond acceptors (Lipinski definition) is 22. The fraction of sp³-hybridized carbons (Fsp3) is 0.608. The Morgan fingerprint density at radius 1 is 0.654 bits per heavy atom. The number of aliphatic hydroxyl groups excluding tert-OH is 2. The minimum Gasteiger partial charge on any atom is -0.508 e. The lowest BCUT2D eigenvalue weighted by Crippen LogP contribution is -2.35. The highest BCUT2D eigenvalue weighted by Crippen LogP contribution is 2.21. The molecular weight excluding hydrogens is 1050 g/mol. The monoisotopic (exact) mass is 1140 g/mol. The van der Waals surface area contributed by atoms with E-state index in [2.05, 4.69) is 40.6 Å².